The molecule has 2 N–H and O–H groups in total. The molecule has 1 atom stereocenters. The third kappa shape index (κ3) is 2.04. The molecule has 0 radical (unpaired) electrons. The number of hydrogen-bond acceptors (Lipinski definition) is 3. The summed E-state index contributed by atoms with van der Waals surface area (Å²) in [6.07, 6.45) is 2.35. The summed E-state index contributed by atoms with van der Waals surface area (Å²) in [5, 5.41) is 10.9. The number of nitrogens with one attached hydrogen (secondary N) is 2. The number of rotatable bonds is 2. The normalized spacial score (nSPS) is 24.1. The predicted molar refractivity (Wildman–Crippen MR) is 71.3 cm³/mol. The van der Waals surface area contributed by atoms with Crippen LogP contribution >= 0.6 is 0 Å². The van der Waals surface area contributed by atoms with Gasteiger partial charge in [-0.1, -0.05) is 37.3 Å². The van der Waals surface area contributed by atoms with Gasteiger partial charge in [0, 0.05) is 17.5 Å². The zero-order valence-electron chi connectivity index (χ0n) is 10.6. The number of aromatic amines is 1. The van der Waals surface area contributed by atoms with Crippen LogP contribution in [0.25, 0.3) is 11.4 Å². The summed E-state index contributed by atoms with van der Waals surface area (Å²) in [6.45, 7) is 4.32. The van der Waals surface area contributed by atoms with Crippen molar-refractivity contribution in [2.24, 2.45) is 0 Å². The lowest BCUT2D eigenvalue weighted by atomic mass is 9.82. The van der Waals surface area contributed by atoms with Gasteiger partial charge in [-0.05, 0) is 19.4 Å². The van der Waals surface area contributed by atoms with Crippen LogP contribution in [0.2, 0.25) is 0 Å². The minimum absolute atomic E-state index is 0.0816. The van der Waals surface area contributed by atoms with Gasteiger partial charge in [0.2, 0.25) is 0 Å². The first kappa shape index (κ1) is 11.4. The second-order valence-electron chi connectivity index (χ2n) is 5.21. The fourth-order valence-corrected chi connectivity index (χ4v) is 2.51. The molecule has 94 valence electrons. The molecular formula is C14H18N4. The quantitative estimate of drug-likeness (QED) is 0.848. The Morgan fingerprint density at radius 1 is 1.22 bits per heavy atom. The van der Waals surface area contributed by atoms with E-state index in [2.05, 4.69) is 27.4 Å². The number of piperidine rings is 1. The van der Waals surface area contributed by atoms with E-state index in [0.29, 0.717) is 0 Å². The van der Waals surface area contributed by atoms with Crippen LogP contribution in [0.3, 0.4) is 0 Å². The molecule has 3 rings (SSSR count). The first-order valence-corrected chi connectivity index (χ1v) is 6.47. The second-order valence-corrected chi connectivity index (χ2v) is 5.21. The SMILES string of the molecule is CC1(c2nc(-c3ccccc3)n[nH]2)CCCNC1. The molecule has 0 amide bonds. The Bertz CT molecular complexity index is 512. The molecule has 1 saturated heterocycles. The number of H-pyrrole nitrogens is 1. The van der Waals surface area contributed by atoms with E-state index in [4.69, 9.17) is 0 Å². The van der Waals surface area contributed by atoms with Crippen molar-refractivity contribution < 1.29 is 0 Å². The van der Waals surface area contributed by atoms with E-state index in [0.717, 1.165) is 36.7 Å². The van der Waals surface area contributed by atoms with E-state index in [-0.39, 0.29) is 5.41 Å². The van der Waals surface area contributed by atoms with Gasteiger partial charge in [0.1, 0.15) is 5.82 Å². The Morgan fingerprint density at radius 3 is 2.78 bits per heavy atom. The first-order chi connectivity index (χ1) is 8.78. The molecule has 1 aromatic carbocycles. The third-order valence-electron chi connectivity index (χ3n) is 3.69. The topological polar surface area (TPSA) is 53.6 Å². The van der Waals surface area contributed by atoms with Gasteiger partial charge in [-0.2, -0.15) is 5.10 Å². The summed E-state index contributed by atoms with van der Waals surface area (Å²) in [4.78, 5) is 4.67. The molecule has 0 spiro atoms. The first-order valence-electron chi connectivity index (χ1n) is 6.47. The predicted octanol–water partition coefficient (Wildman–Crippen LogP) is 2.11. The fourth-order valence-electron chi connectivity index (χ4n) is 2.51. The van der Waals surface area contributed by atoms with Crippen LogP contribution in [-0.2, 0) is 5.41 Å². The van der Waals surface area contributed by atoms with Gasteiger partial charge in [0.05, 0.1) is 0 Å². The smallest absolute Gasteiger partial charge is 0.181 e. The highest BCUT2D eigenvalue weighted by atomic mass is 15.2. The van der Waals surface area contributed by atoms with Crippen LogP contribution in [-0.4, -0.2) is 28.3 Å². The molecule has 1 aliphatic rings. The van der Waals surface area contributed by atoms with Gasteiger partial charge in [0.15, 0.2) is 5.82 Å². The summed E-state index contributed by atoms with van der Waals surface area (Å²) in [7, 11) is 0. The van der Waals surface area contributed by atoms with Gasteiger partial charge in [-0.3, -0.25) is 5.10 Å². The molecule has 2 heterocycles. The van der Waals surface area contributed by atoms with Crippen molar-refractivity contribution in [1.29, 1.82) is 0 Å². The molecule has 18 heavy (non-hydrogen) atoms. The van der Waals surface area contributed by atoms with Crippen molar-refractivity contribution in [2.75, 3.05) is 13.1 Å². The Balaban J connectivity index is 1.89. The molecule has 0 aliphatic carbocycles. The highest BCUT2D eigenvalue weighted by Crippen LogP contribution is 2.29. The maximum Gasteiger partial charge on any atom is 0.181 e. The fraction of sp³-hybridized carbons (Fsp3) is 0.429. The molecule has 4 heteroatoms. The third-order valence-corrected chi connectivity index (χ3v) is 3.69. The highest BCUT2D eigenvalue weighted by molar-refractivity contribution is 5.54. The van der Waals surface area contributed by atoms with Crippen LogP contribution in [0.1, 0.15) is 25.6 Å². The average Bonchev–Trinajstić information content (AvgIpc) is 2.91. The molecule has 1 unspecified atom stereocenters. The lowest BCUT2D eigenvalue weighted by molar-refractivity contribution is 0.324. The van der Waals surface area contributed by atoms with Gasteiger partial charge < -0.3 is 5.32 Å². The van der Waals surface area contributed by atoms with Crippen LogP contribution in [0.5, 0.6) is 0 Å². The Labute approximate surface area is 107 Å². The lowest BCUT2D eigenvalue weighted by Crippen LogP contribution is -2.41. The van der Waals surface area contributed by atoms with E-state index in [9.17, 15) is 0 Å². The van der Waals surface area contributed by atoms with Crippen LogP contribution in [0.15, 0.2) is 30.3 Å². The maximum absolute atomic E-state index is 4.67. The van der Waals surface area contributed by atoms with E-state index >= 15 is 0 Å². The molecule has 4 nitrogen and oxygen atoms in total. The number of hydrogen-bond donors (Lipinski definition) is 2. The van der Waals surface area contributed by atoms with Crippen molar-refractivity contribution in [1.82, 2.24) is 20.5 Å². The van der Waals surface area contributed by atoms with E-state index in [1.807, 2.05) is 30.3 Å². The average molecular weight is 242 g/mol. The van der Waals surface area contributed by atoms with E-state index in [1.165, 1.54) is 6.42 Å². The molecule has 1 fully saturated rings. The zero-order valence-corrected chi connectivity index (χ0v) is 10.6. The summed E-state index contributed by atoms with van der Waals surface area (Å²) in [6, 6.07) is 10.1. The Kier molecular flexibility index (Phi) is 2.88. The zero-order chi connectivity index (χ0) is 12.4. The number of nitrogens with zero attached hydrogens (tertiary/aromatic N) is 2. The molecular weight excluding hydrogens is 224 g/mol. The summed E-state index contributed by atoms with van der Waals surface area (Å²) in [5.74, 6) is 1.78. The van der Waals surface area contributed by atoms with Gasteiger partial charge in [0.25, 0.3) is 0 Å². The molecule has 2 aromatic rings. The minimum Gasteiger partial charge on any atom is -0.316 e. The molecule has 1 aromatic heterocycles. The van der Waals surface area contributed by atoms with Crippen LogP contribution < -0.4 is 5.32 Å². The second kappa shape index (κ2) is 4.53. The number of benzene rings is 1. The van der Waals surface area contributed by atoms with E-state index in [1.54, 1.807) is 0 Å². The molecule has 0 bridgehead atoms. The molecule has 1 aliphatic heterocycles. The van der Waals surface area contributed by atoms with E-state index < -0.39 is 0 Å². The highest BCUT2D eigenvalue weighted by Gasteiger charge is 2.32. The largest absolute Gasteiger partial charge is 0.316 e. The Morgan fingerprint density at radius 2 is 2.06 bits per heavy atom. The molecule has 0 saturated carbocycles. The van der Waals surface area contributed by atoms with Crippen molar-refractivity contribution in [3.05, 3.63) is 36.2 Å². The van der Waals surface area contributed by atoms with Crippen molar-refractivity contribution in [2.45, 2.75) is 25.2 Å². The lowest BCUT2D eigenvalue weighted by Gasteiger charge is -2.31. The Hall–Kier alpha value is -1.68. The monoisotopic (exact) mass is 242 g/mol. The standard InChI is InChI=1S/C14H18N4/c1-14(8-5-9-15-10-14)13-16-12(17-18-13)11-6-3-2-4-7-11/h2-4,6-7,15H,5,8-10H2,1H3,(H,16,17,18). The van der Waals surface area contributed by atoms with Crippen molar-refractivity contribution >= 4 is 0 Å². The number of aromatic nitrogens is 3. The summed E-state index contributed by atoms with van der Waals surface area (Å²) in [5.41, 5.74) is 1.14. The van der Waals surface area contributed by atoms with Gasteiger partial charge >= 0.3 is 0 Å². The van der Waals surface area contributed by atoms with Crippen LogP contribution in [0.4, 0.5) is 0 Å². The maximum atomic E-state index is 4.67. The summed E-state index contributed by atoms with van der Waals surface area (Å²) >= 11 is 0. The van der Waals surface area contributed by atoms with Crippen molar-refractivity contribution in [3.63, 3.8) is 0 Å². The van der Waals surface area contributed by atoms with Crippen LogP contribution in [0, 0.1) is 0 Å². The van der Waals surface area contributed by atoms with Gasteiger partial charge in [-0.25, -0.2) is 4.98 Å². The summed E-state index contributed by atoms with van der Waals surface area (Å²) < 4.78 is 0. The van der Waals surface area contributed by atoms with Gasteiger partial charge in [-0.15, -0.1) is 0 Å². The van der Waals surface area contributed by atoms with Crippen molar-refractivity contribution in [3.8, 4) is 11.4 Å². The minimum atomic E-state index is 0.0816.